The summed E-state index contributed by atoms with van der Waals surface area (Å²) in [5.74, 6) is -2.35. The Labute approximate surface area is 259 Å². The fourth-order valence-corrected chi connectivity index (χ4v) is 5.07. The Balaban J connectivity index is 1.34. The summed E-state index contributed by atoms with van der Waals surface area (Å²) in [6, 6.07) is 7.72. The molecule has 4 aromatic rings. The Kier molecular flexibility index (Phi) is 11.2. The summed E-state index contributed by atoms with van der Waals surface area (Å²) < 4.78 is 31.6. The molecule has 0 aliphatic rings. The van der Waals surface area contributed by atoms with Crippen LogP contribution >= 0.6 is 0 Å². The average molecular weight is 624 g/mol. The zero-order valence-corrected chi connectivity index (χ0v) is 25.2. The van der Waals surface area contributed by atoms with Crippen LogP contribution in [0.3, 0.4) is 0 Å². The molecule has 1 unspecified atom stereocenters. The third-order valence-corrected chi connectivity index (χ3v) is 7.42. The number of para-hydroxylation sites is 1. The highest BCUT2D eigenvalue weighted by molar-refractivity contribution is 6.06. The van der Waals surface area contributed by atoms with Gasteiger partial charge in [0.2, 0.25) is 5.91 Å². The maximum absolute atomic E-state index is 14.7. The van der Waals surface area contributed by atoms with Gasteiger partial charge in [0.1, 0.15) is 17.0 Å². The molecule has 240 valence electrons. The summed E-state index contributed by atoms with van der Waals surface area (Å²) in [5, 5.41) is 8.16. The van der Waals surface area contributed by atoms with Crippen molar-refractivity contribution in [2.75, 3.05) is 24.1 Å². The minimum absolute atomic E-state index is 0.148. The molecule has 12 nitrogen and oxygen atoms in total. The van der Waals surface area contributed by atoms with Crippen molar-refractivity contribution in [2.24, 2.45) is 11.5 Å². The highest BCUT2D eigenvalue weighted by atomic mass is 19.1. The van der Waals surface area contributed by atoms with Crippen LogP contribution in [0, 0.1) is 11.6 Å². The molecular formula is C31H39F2N9O3. The Bertz CT molecular complexity index is 1670. The Morgan fingerprint density at radius 2 is 1.69 bits per heavy atom. The van der Waals surface area contributed by atoms with Gasteiger partial charge in [-0.2, -0.15) is 0 Å². The second-order valence-corrected chi connectivity index (χ2v) is 10.8. The lowest BCUT2D eigenvalue weighted by molar-refractivity contribution is -0.117. The molecule has 1 atom stereocenters. The largest absolute Gasteiger partial charge is 0.382 e. The molecule has 0 aliphatic heterocycles. The number of pyridine rings is 1. The first-order valence-electron chi connectivity index (χ1n) is 15.0. The number of imidazole rings is 1. The van der Waals surface area contributed by atoms with Crippen molar-refractivity contribution in [3.05, 3.63) is 59.4 Å². The molecule has 2 heterocycles. The van der Waals surface area contributed by atoms with E-state index < -0.39 is 41.2 Å². The lowest BCUT2D eigenvalue weighted by atomic mass is 10.1. The highest BCUT2D eigenvalue weighted by Gasteiger charge is 2.21. The molecule has 0 saturated heterocycles. The number of nitrogens with zero attached hydrogens (tertiary/aromatic N) is 3. The molecule has 0 radical (unpaired) electrons. The van der Waals surface area contributed by atoms with E-state index in [9.17, 15) is 23.2 Å². The summed E-state index contributed by atoms with van der Waals surface area (Å²) >= 11 is 0. The van der Waals surface area contributed by atoms with E-state index >= 15 is 0 Å². The number of unbranched alkanes of at least 4 members (excludes halogenated alkanes) is 2. The van der Waals surface area contributed by atoms with Crippen LogP contribution in [0.15, 0.2) is 36.4 Å². The summed E-state index contributed by atoms with van der Waals surface area (Å²) in [4.78, 5) is 45.0. The summed E-state index contributed by atoms with van der Waals surface area (Å²) in [7, 11) is 0. The van der Waals surface area contributed by atoms with Gasteiger partial charge in [-0.25, -0.2) is 23.5 Å². The fourth-order valence-electron chi connectivity index (χ4n) is 5.07. The molecule has 0 saturated carbocycles. The van der Waals surface area contributed by atoms with E-state index in [0.29, 0.717) is 37.1 Å². The van der Waals surface area contributed by atoms with Gasteiger partial charge in [-0.15, -0.1) is 0 Å². The molecule has 0 aliphatic carbocycles. The number of benzene rings is 2. The third-order valence-electron chi connectivity index (χ3n) is 7.42. The zero-order chi connectivity index (χ0) is 32.5. The standard InChI is InChI=1S/C31H39F2N9O3/c1-2-3-12-24-40-26-27(19-9-4-5-11-23(19)39-28(26)35)42(24)15-7-6-13-37-29(43)18-16-20(32)25(21(33)17-18)41-30(44)22(34)10-8-14-38-31(36)45/h4-5,9,11,16-17,22H,2-3,6-8,10,12-15,34H2,1H3,(H2,35,39)(H,37,43)(H,41,44)(H3,36,38,45). The topological polar surface area (TPSA) is 196 Å². The molecular weight excluding hydrogens is 584 g/mol. The second kappa shape index (κ2) is 15.2. The molecule has 2 aromatic heterocycles. The predicted octanol–water partition coefficient (Wildman–Crippen LogP) is 3.71. The first kappa shape index (κ1) is 33.1. The van der Waals surface area contributed by atoms with Gasteiger partial charge in [-0.05, 0) is 50.3 Å². The maximum atomic E-state index is 14.7. The number of urea groups is 1. The summed E-state index contributed by atoms with van der Waals surface area (Å²) in [6.45, 7) is 3.24. The van der Waals surface area contributed by atoms with Crippen molar-refractivity contribution in [3.63, 3.8) is 0 Å². The van der Waals surface area contributed by atoms with E-state index in [2.05, 4.69) is 32.4 Å². The number of hydrogen-bond acceptors (Lipinski definition) is 7. The second-order valence-electron chi connectivity index (χ2n) is 10.8. The number of carbonyl (C=O) groups excluding carboxylic acids is 3. The summed E-state index contributed by atoms with van der Waals surface area (Å²) in [5.41, 5.74) is 18.5. The number of aryl methyl sites for hydroxylation is 2. The molecule has 4 amide bonds. The van der Waals surface area contributed by atoms with Crippen LogP contribution in [0.4, 0.5) is 25.1 Å². The van der Waals surface area contributed by atoms with Crippen molar-refractivity contribution in [1.29, 1.82) is 0 Å². The van der Waals surface area contributed by atoms with Gasteiger partial charge in [-0.3, -0.25) is 9.59 Å². The molecule has 9 N–H and O–H groups in total. The van der Waals surface area contributed by atoms with Gasteiger partial charge in [0, 0.05) is 37.0 Å². The SMILES string of the molecule is CCCCc1nc2c(N)nc3ccccc3c2n1CCCCNC(=O)c1cc(F)c(NC(=O)C(N)CCCNC(N)=O)c(F)c1. The molecule has 0 spiro atoms. The van der Waals surface area contributed by atoms with E-state index in [1.54, 1.807) is 0 Å². The number of fused-ring (bicyclic) bond motifs is 3. The lowest BCUT2D eigenvalue weighted by Crippen LogP contribution is -2.37. The van der Waals surface area contributed by atoms with E-state index in [0.717, 1.165) is 53.6 Å². The van der Waals surface area contributed by atoms with E-state index in [1.807, 2.05) is 24.3 Å². The molecule has 2 aromatic carbocycles. The minimum atomic E-state index is -1.11. The van der Waals surface area contributed by atoms with E-state index in [4.69, 9.17) is 22.2 Å². The van der Waals surface area contributed by atoms with E-state index in [1.165, 1.54) is 0 Å². The number of hydrogen-bond donors (Lipinski definition) is 6. The minimum Gasteiger partial charge on any atom is -0.382 e. The number of amides is 4. The van der Waals surface area contributed by atoms with E-state index in [-0.39, 0.29) is 25.1 Å². The maximum Gasteiger partial charge on any atom is 0.312 e. The smallest absolute Gasteiger partial charge is 0.312 e. The van der Waals surface area contributed by atoms with Gasteiger partial charge < -0.3 is 37.7 Å². The quantitative estimate of drug-likeness (QED) is 0.109. The van der Waals surface area contributed by atoms with Gasteiger partial charge in [-0.1, -0.05) is 31.5 Å². The van der Waals surface area contributed by atoms with Crippen molar-refractivity contribution < 1.29 is 23.2 Å². The first-order valence-corrected chi connectivity index (χ1v) is 15.0. The fraction of sp³-hybridized carbons (Fsp3) is 0.387. The Hall–Kier alpha value is -4.85. The number of primary amides is 1. The number of nitrogen functional groups attached to an aromatic ring is 1. The van der Waals surface area contributed by atoms with Crippen molar-refractivity contribution in [1.82, 2.24) is 25.2 Å². The molecule has 14 heteroatoms. The summed E-state index contributed by atoms with van der Waals surface area (Å²) in [6.07, 6.45) is 4.58. The van der Waals surface area contributed by atoms with Crippen LogP contribution in [-0.4, -0.2) is 51.5 Å². The van der Waals surface area contributed by atoms with Crippen LogP contribution in [0.1, 0.15) is 61.6 Å². The van der Waals surface area contributed by atoms with Gasteiger partial charge in [0.05, 0.1) is 17.1 Å². The lowest BCUT2D eigenvalue weighted by Gasteiger charge is -2.14. The van der Waals surface area contributed by atoms with Crippen LogP contribution in [-0.2, 0) is 17.8 Å². The predicted molar refractivity (Wildman–Crippen MR) is 169 cm³/mol. The number of halogens is 2. The highest BCUT2D eigenvalue weighted by Crippen LogP contribution is 2.29. The van der Waals surface area contributed by atoms with Crippen molar-refractivity contribution in [3.8, 4) is 0 Å². The number of anilines is 2. The number of nitrogens with two attached hydrogens (primary N) is 3. The van der Waals surface area contributed by atoms with Crippen LogP contribution in [0.25, 0.3) is 21.9 Å². The van der Waals surface area contributed by atoms with Gasteiger partial charge in [0.15, 0.2) is 17.5 Å². The third kappa shape index (κ3) is 8.20. The van der Waals surface area contributed by atoms with Crippen LogP contribution < -0.4 is 33.2 Å². The number of carbonyl (C=O) groups is 3. The first-order chi connectivity index (χ1) is 21.6. The normalized spacial score (nSPS) is 11.9. The molecule has 0 fully saturated rings. The average Bonchev–Trinajstić information content (AvgIpc) is 3.38. The molecule has 45 heavy (non-hydrogen) atoms. The van der Waals surface area contributed by atoms with Crippen molar-refractivity contribution >= 4 is 51.3 Å². The Morgan fingerprint density at radius 3 is 2.40 bits per heavy atom. The number of aromatic nitrogens is 3. The van der Waals surface area contributed by atoms with Gasteiger partial charge >= 0.3 is 6.03 Å². The zero-order valence-electron chi connectivity index (χ0n) is 25.2. The number of rotatable bonds is 15. The van der Waals surface area contributed by atoms with Gasteiger partial charge in [0.25, 0.3) is 5.91 Å². The monoisotopic (exact) mass is 623 g/mol. The van der Waals surface area contributed by atoms with Crippen molar-refractivity contribution in [2.45, 2.75) is 64.5 Å². The molecule has 0 bridgehead atoms. The Morgan fingerprint density at radius 1 is 0.978 bits per heavy atom. The molecule has 4 rings (SSSR count). The number of nitrogens with one attached hydrogen (secondary N) is 3. The van der Waals surface area contributed by atoms with Crippen LogP contribution in [0.5, 0.6) is 0 Å². The van der Waals surface area contributed by atoms with Crippen LogP contribution in [0.2, 0.25) is 0 Å².